The number of aromatic nitrogens is 2. The lowest BCUT2D eigenvalue weighted by Crippen LogP contribution is -2.64. The molecule has 1 unspecified atom stereocenters. The molecule has 4 amide bonds. The number of aryl methyl sites for hydroxylation is 2. The number of hydrogen-bond donors (Lipinski definition) is 1. The first-order valence-electron chi connectivity index (χ1n) is 10.0. The van der Waals surface area contributed by atoms with Gasteiger partial charge in [0.05, 0.1) is 12.2 Å². The summed E-state index contributed by atoms with van der Waals surface area (Å²) < 4.78 is 3.65. The summed E-state index contributed by atoms with van der Waals surface area (Å²) in [6.07, 6.45) is 3.31. The summed E-state index contributed by atoms with van der Waals surface area (Å²) in [6, 6.07) is 0.645. The molecule has 0 saturated carbocycles. The van der Waals surface area contributed by atoms with Crippen molar-refractivity contribution < 1.29 is 19.0 Å². The maximum atomic E-state index is 13.2. The van der Waals surface area contributed by atoms with Crippen molar-refractivity contribution in [1.29, 1.82) is 0 Å². The molecule has 10 heteroatoms. The molecule has 0 bridgehead atoms. The molecule has 3 rings (SSSR count). The van der Waals surface area contributed by atoms with Crippen molar-refractivity contribution in [3.8, 4) is 0 Å². The van der Waals surface area contributed by atoms with Crippen molar-refractivity contribution >= 4 is 29.6 Å². The van der Waals surface area contributed by atoms with E-state index < -0.39 is 30.4 Å². The second-order valence-electron chi connectivity index (χ2n) is 7.20. The Kier molecular flexibility index (Phi) is 5.81. The second kappa shape index (κ2) is 8.14. The van der Waals surface area contributed by atoms with E-state index in [-0.39, 0.29) is 0 Å². The number of carbonyl (C=O) groups is 3. The summed E-state index contributed by atoms with van der Waals surface area (Å²) in [6.45, 7) is 6.25. The number of imide groups is 1. The topological polar surface area (TPSA) is 117 Å². The predicted molar refractivity (Wildman–Crippen MR) is 107 cm³/mol. The van der Waals surface area contributed by atoms with E-state index in [9.17, 15) is 14.4 Å². The highest BCUT2D eigenvalue weighted by molar-refractivity contribution is 6.23. The van der Waals surface area contributed by atoms with E-state index >= 15 is 0 Å². The van der Waals surface area contributed by atoms with Crippen LogP contribution in [0.1, 0.15) is 45.0 Å². The molecule has 0 spiro atoms. The first kappa shape index (κ1) is 20.7. The van der Waals surface area contributed by atoms with Gasteiger partial charge in [-0.3, -0.25) is 19.4 Å². The Hall–Kier alpha value is -3.04. The number of nitrogens with zero attached hydrogens (tertiary/aromatic N) is 6. The van der Waals surface area contributed by atoms with Gasteiger partial charge in [0.15, 0.2) is 0 Å². The fraction of sp³-hybridized carbons (Fsp3) is 0.579. The van der Waals surface area contributed by atoms with E-state index in [1.807, 2.05) is 24.5 Å². The van der Waals surface area contributed by atoms with Gasteiger partial charge < -0.3 is 5.73 Å². The monoisotopic (exact) mass is 402 g/mol. The molecule has 1 aromatic heterocycles. The van der Waals surface area contributed by atoms with Crippen molar-refractivity contribution in [2.75, 3.05) is 20.1 Å². The Labute approximate surface area is 169 Å². The summed E-state index contributed by atoms with van der Waals surface area (Å²) in [7, 11) is 1.55. The Morgan fingerprint density at radius 2 is 1.97 bits per heavy atom. The number of urea groups is 1. The number of aliphatic imine (C=N–C) groups is 1. The maximum absolute atomic E-state index is 13.2. The normalized spacial score (nSPS) is 19.2. The average molecular weight is 402 g/mol. The summed E-state index contributed by atoms with van der Waals surface area (Å²) in [5.74, 6) is -0.347. The molecule has 0 radical (unpaired) electrons. The highest BCUT2D eigenvalue weighted by Gasteiger charge is 2.53. The van der Waals surface area contributed by atoms with E-state index in [2.05, 4.69) is 17.0 Å². The summed E-state index contributed by atoms with van der Waals surface area (Å²) in [4.78, 5) is 44.1. The third kappa shape index (κ3) is 3.54. The lowest BCUT2D eigenvalue weighted by molar-refractivity contribution is -0.538. The number of likely N-dealkylation sites (N-methyl/N-ethyl adjacent to an activating group) is 1. The molecular formula is C19H28N7O3+. The predicted octanol–water partition coefficient (Wildman–Crippen LogP) is 0.185. The van der Waals surface area contributed by atoms with Crippen LogP contribution in [0.25, 0.3) is 0 Å². The molecule has 0 aliphatic carbocycles. The number of nitrogens with two attached hydrogens (primary N) is 1. The Morgan fingerprint density at radius 1 is 1.24 bits per heavy atom. The molecule has 156 valence electrons. The second-order valence-corrected chi connectivity index (χ2v) is 7.20. The van der Waals surface area contributed by atoms with Gasteiger partial charge in [-0.15, -0.1) is 9.78 Å². The smallest absolute Gasteiger partial charge is 0.368 e. The molecule has 1 atom stereocenters. The zero-order valence-electron chi connectivity index (χ0n) is 17.4. The average Bonchev–Trinajstić information content (AvgIpc) is 3.28. The number of amides is 4. The fourth-order valence-electron chi connectivity index (χ4n) is 3.61. The van der Waals surface area contributed by atoms with Crippen LogP contribution in [0.15, 0.2) is 11.1 Å². The summed E-state index contributed by atoms with van der Waals surface area (Å²) in [5, 5.41) is 4.66. The number of fused-ring (bicyclic) bond motifs is 1. The zero-order chi connectivity index (χ0) is 21.3. The highest BCUT2D eigenvalue weighted by Crippen LogP contribution is 2.22. The first-order valence-corrected chi connectivity index (χ1v) is 10.0. The third-order valence-corrected chi connectivity index (χ3v) is 5.20. The third-order valence-electron chi connectivity index (χ3n) is 5.20. The van der Waals surface area contributed by atoms with Crippen LogP contribution in [-0.4, -0.2) is 80.0 Å². The minimum Gasteiger partial charge on any atom is -0.368 e. The number of carbonyl (C=O) groups excluding carboxylic acids is 3. The van der Waals surface area contributed by atoms with Gasteiger partial charge >= 0.3 is 12.0 Å². The van der Waals surface area contributed by atoms with Crippen molar-refractivity contribution in [1.82, 2.24) is 19.6 Å². The van der Waals surface area contributed by atoms with Crippen LogP contribution in [0.4, 0.5) is 4.79 Å². The van der Waals surface area contributed by atoms with Gasteiger partial charge in [0.2, 0.25) is 17.8 Å². The van der Waals surface area contributed by atoms with Gasteiger partial charge in [-0.05, 0) is 18.9 Å². The van der Waals surface area contributed by atoms with Crippen LogP contribution >= 0.6 is 0 Å². The van der Waals surface area contributed by atoms with Crippen LogP contribution < -0.4 is 5.73 Å². The Balaban J connectivity index is 2.13. The molecule has 2 aliphatic heterocycles. The summed E-state index contributed by atoms with van der Waals surface area (Å²) >= 11 is 0. The van der Waals surface area contributed by atoms with Gasteiger partial charge in [-0.2, -0.15) is 0 Å². The molecule has 1 saturated heterocycles. The maximum Gasteiger partial charge on any atom is 0.421 e. The lowest BCUT2D eigenvalue weighted by Gasteiger charge is -2.33. The minimum absolute atomic E-state index is 0.349. The van der Waals surface area contributed by atoms with Gasteiger partial charge in [-0.1, -0.05) is 32.2 Å². The SMILES string of the molecule is CCCC[N+]1=C(n2nc(CC)cc2CC)N=C2C1C(=O)N(CC(N)=O)C(=O)N2C. The number of hydrogen-bond acceptors (Lipinski definition) is 5. The Bertz CT molecular complexity index is 915. The van der Waals surface area contributed by atoms with Gasteiger partial charge in [0.25, 0.3) is 5.91 Å². The molecule has 10 nitrogen and oxygen atoms in total. The van der Waals surface area contributed by atoms with Gasteiger partial charge in [0, 0.05) is 13.5 Å². The van der Waals surface area contributed by atoms with E-state index in [4.69, 9.17) is 5.73 Å². The number of primary amides is 1. The molecule has 2 aliphatic rings. The number of unbranched alkanes of at least 4 members (excludes halogenated alkanes) is 1. The van der Waals surface area contributed by atoms with Crippen LogP contribution in [-0.2, 0) is 22.4 Å². The molecular weight excluding hydrogens is 374 g/mol. The van der Waals surface area contributed by atoms with Crippen LogP contribution in [0, 0.1) is 0 Å². The quantitative estimate of drug-likeness (QED) is 0.655. The molecule has 1 aromatic rings. The minimum atomic E-state index is -0.780. The Morgan fingerprint density at radius 3 is 2.55 bits per heavy atom. The largest absolute Gasteiger partial charge is 0.421 e. The highest BCUT2D eigenvalue weighted by atomic mass is 16.2. The van der Waals surface area contributed by atoms with Crippen LogP contribution in [0.2, 0.25) is 0 Å². The van der Waals surface area contributed by atoms with E-state index in [0.717, 1.165) is 42.0 Å². The van der Waals surface area contributed by atoms with Crippen LogP contribution in [0.5, 0.6) is 0 Å². The number of amidine groups is 1. The van der Waals surface area contributed by atoms with Gasteiger partial charge in [0.1, 0.15) is 12.2 Å². The summed E-state index contributed by atoms with van der Waals surface area (Å²) in [5.41, 5.74) is 7.17. The molecule has 2 N–H and O–H groups in total. The van der Waals surface area contributed by atoms with Crippen LogP contribution in [0.3, 0.4) is 0 Å². The van der Waals surface area contributed by atoms with Gasteiger partial charge in [-0.25, -0.2) is 9.37 Å². The van der Waals surface area contributed by atoms with Crippen molar-refractivity contribution in [3.63, 3.8) is 0 Å². The van der Waals surface area contributed by atoms with E-state index in [1.54, 1.807) is 11.7 Å². The van der Waals surface area contributed by atoms with E-state index in [0.29, 0.717) is 18.3 Å². The molecule has 1 fully saturated rings. The van der Waals surface area contributed by atoms with Crippen molar-refractivity contribution in [2.45, 2.75) is 52.5 Å². The van der Waals surface area contributed by atoms with E-state index in [1.165, 1.54) is 4.90 Å². The number of rotatable bonds is 7. The molecule has 3 heterocycles. The molecule has 29 heavy (non-hydrogen) atoms. The standard InChI is InChI=1S/C19H27N7O3/c1-5-8-9-24-15-16(23(4)19(29)25(17(15)28)11-14(20)27)21-18(24)26-13(7-3)10-12(6-2)22-26/h10,15H,5-9,11H2,1-4H3,(H-,20,27)/p+1. The fourth-order valence-corrected chi connectivity index (χ4v) is 3.61. The lowest BCUT2D eigenvalue weighted by atomic mass is 10.1. The first-order chi connectivity index (χ1) is 13.8. The molecule has 0 aromatic carbocycles. The van der Waals surface area contributed by atoms with Crippen molar-refractivity contribution in [3.05, 3.63) is 17.5 Å². The van der Waals surface area contributed by atoms with Crippen molar-refractivity contribution in [2.24, 2.45) is 10.7 Å². The zero-order valence-corrected chi connectivity index (χ0v) is 17.4.